The van der Waals surface area contributed by atoms with Gasteiger partial charge in [0.05, 0.1) is 21.3 Å². The number of thioether (sulfide) groups is 1. The summed E-state index contributed by atoms with van der Waals surface area (Å²) < 4.78 is 0. The molecule has 10 nitrogen and oxygen atoms in total. The number of amidine groups is 1. The van der Waals surface area contributed by atoms with Crippen molar-refractivity contribution in [2.24, 2.45) is 10.2 Å². The summed E-state index contributed by atoms with van der Waals surface area (Å²) in [5, 5.41) is 31.8. The van der Waals surface area contributed by atoms with E-state index >= 15 is 0 Å². The average molecular weight is 399 g/mol. The fourth-order valence-electron chi connectivity index (χ4n) is 2.46. The van der Waals surface area contributed by atoms with Crippen molar-refractivity contribution in [1.29, 1.82) is 0 Å². The smallest absolute Gasteiger partial charge is 0.270 e. The second-order valence-electron chi connectivity index (χ2n) is 5.73. The first-order chi connectivity index (χ1) is 13.4. The van der Waals surface area contributed by atoms with Crippen LogP contribution in [0.3, 0.4) is 0 Å². The zero-order chi connectivity index (χ0) is 20.1. The maximum Gasteiger partial charge on any atom is 0.270 e. The molecule has 1 aliphatic rings. The monoisotopic (exact) mass is 399 g/mol. The molecule has 0 bridgehead atoms. The third kappa shape index (κ3) is 4.76. The van der Waals surface area contributed by atoms with E-state index < -0.39 is 15.1 Å². The summed E-state index contributed by atoms with van der Waals surface area (Å²) in [4.78, 5) is 32.7. The van der Waals surface area contributed by atoms with Gasteiger partial charge in [-0.1, -0.05) is 36.0 Å². The second-order valence-corrected chi connectivity index (χ2v) is 6.92. The summed E-state index contributed by atoms with van der Waals surface area (Å²) in [7, 11) is 0. The van der Waals surface area contributed by atoms with Crippen molar-refractivity contribution in [3.05, 3.63) is 79.9 Å². The Bertz CT molecular complexity index is 1010. The number of nitro groups is 2. The average Bonchev–Trinajstić information content (AvgIpc) is 3.01. The van der Waals surface area contributed by atoms with E-state index in [1.54, 1.807) is 18.2 Å². The second kappa shape index (κ2) is 8.39. The van der Waals surface area contributed by atoms with Gasteiger partial charge in [0.2, 0.25) is 5.91 Å². The summed E-state index contributed by atoms with van der Waals surface area (Å²) >= 11 is 1.17. The number of nitrogens with one attached hydrogen (secondary N) is 1. The number of hydrogen-bond donors (Lipinski definition) is 1. The third-order valence-electron chi connectivity index (χ3n) is 3.76. The lowest BCUT2D eigenvalue weighted by atomic mass is 10.1. The molecule has 11 heteroatoms. The van der Waals surface area contributed by atoms with Crippen LogP contribution in [0.1, 0.15) is 11.1 Å². The predicted octanol–water partition coefficient (Wildman–Crippen LogP) is 2.67. The number of rotatable bonds is 6. The summed E-state index contributed by atoms with van der Waals surface area (Å²) in [5.41, 5.74) is 1.08. The summed E-state index contributed by atoms with van der Waals surface area (Å²) in [6.07, 6.45) is 1.66. The zero-order valence-electron chi connectivity index (χ0n) is 14.2. The van der Waals surface area contributed by atoms with Crippen LogP contribution in [-0.2, 0) is 11.2 Å². The molecule has 2 aromatic carbocycles. The quantitative estimate of drug-likeness (QED) is 0.450. The molecule has 1 fully saturated rings. The topological polar surface area (TPSA) is 140 Å². The number of carbonyl (C=O) groups is 1. The van der Waals surface area contributed by atoms with Gasteiger partial charge in [-0.05, 0) is 12.0 Å². The van der Waals surface area contributed by atoms with Gasteiger partial charge in [-0.15, -0.1) is 5.10 Å². The molecule has 0 aromatic heterocycles. The largest absolute Gasteiger partial charge is 0.303 e. The van der Waals surface area contributed by atoms with Gasteiger partial charge in [-0.3, -0.25) is 25.0 Å². The van der Waals surface area contributed by atoms with Gasteiger partial charge in [0.1, 0.15) is 0 Å². The van der Waals surface area contributed by atoms with E-state index in [0.717, 1.165) is 0 Å². The molecular weight excluding hydrogens is 386 g/mol. The van der Waals surface area contributed by atoms with E-state index in [-0.39, 0.29) is 17.3 Å². The highest BCUT2D eigenvalue weighted by Gasteiger charge is 2.30. The number of nitro benzene ring substituents is 2. The Balaban J connectivity index is 1.65. The van der Waals surface area contributed by atoms with E-state index in [0.29, 0.717) is 22.7 Å². The van der Waals surface area contributed by atoms with E-state index in [2.05, 4.69) is 15.5 Å². The Hall–Kier alpha value is -3.60. The molecule has 142 valence electrons. The predicted molar refractivity (Wildman–Crippen MR) is 104 cm³/mol. The first-order valence-corrected chi connectivity index (χ1v) is 8.86. The number of amides is 1. The molecular formula is C17H13N5O5S. The van der Waals surface area contributed by atoms with Crippen molar-refractivity contribution in [2.75, 3.05) is 0 Å². The highest BCUT2D eigenvalue weighted by molar-refractivity contribution is 8.15. The Kier molecular flexibility index (Phi) is 5.75. The van der Waals surface area contributed by atoms with Crippen LogP contribution in [0, 0.1) is 20.2 Å². The zero-order valence-corrected chi connectivity index (χ0v) is 15.0. The lowest BCUT2D eigenvalue weighted by Gasteiger charge is -2.04. The van der Waals surface area contributed by atoms with E-state index in [1.807, 2.05) is 0 Å². The molecule has 1 N–H and O–H groups in total. The van der Waals surface area contributed by atoms with E-state index in [4.69, 9.17) is 0 Å². The molecule has 0 aliphatic carbocycles. The fourth-order valence-corrected chi connectivity index (χ4v) is 3.43. The summed E-state index contributed by atoms with van der Waals surface area (Å²) in [5.74, 6) is -0.263. The van der Waals surface area contributed by atoms with Gasteiger partial charge in [-0.2, -0.15) is 5.10 Å². The summed E-state index contributed by atoms with van der Waals surface area (Å²) in [6, 6.07) is 12.0. The van der Waals surface area contributed by atoms with Crippen LogP contribution in [0.15, 0.2) is 58.7 Å². The molecule has 2 aromatic rings. The normalized spacial score (nSPS) is 17.8. The third-order valence-corrected chi connectivity index (χ3v) is 4.83. The van der Waals surface area contributed by atoms with Crippen molar-refractivity contribution < 1.29 is 14.6 Å². The SMILES string of the molecule is O=C1N/C(=N\N=C/c2cccc([N+](=O)[O-])c2)S[C@@H]1Cc1cccc([N+](=O)[O-])c1. The Morgan fingerprint density at radius 1 is 1.07 bits per heavy atom. The van der Waals surface area contributed by atoms with Crippen molar-refractivity contribution in [3.8, 4) is 0 Å². The lowest BCUT2D eigenvalue weighted by molar-refractivity contribution is -0.385. The molecule has 3 rings (SSSR count). The van der Waals surface area contributed by atoms with Crippen LogP contribution in [0.4, 0.5) is 11.4 Å². The molecule has 0 radical (unpaired) electrons. The molecule has 1 saturated heterocycles. The molecule has 1 aliphatic heterocycles. The maximum atomic E-state index is 12.1. The van der Waals surface area contributed by atoms with Gasteiger partial charge >= 0.3 is 0 Å². The van der Waals surface area contributed by atoms with Gasteiger partial charge in [0, 0.05) is 29.8 Å². The molecule has 0 saturated carbocycles. The Morgan fingerprint density at radius 3 is 2.46 bits per heavy atom. The van der Waals surface area contributed by atoms with Gasteiger partial charge < -0.3 is 5.32 Å². The van der Waals surface area contributed by atoms with Crippen LogP contribution in [0.2, 0.25) is 0 Å². The van der Waals surface area contributed by atoms with E-state index in [9.17, 15) is 25.0 Å². The standard InChI is InChI=1S/C17H13N5O5S/c23-16-15(9-11-3-1-5-13(7-11)21(24)25)28-17(19-16)20-18-10-12-4-2-6-14(8-12)22(26)27/h1-8,10,15H,9H2,(H,19,20,23)/b18-10-/t15-/m1/s1. The molecule has 28 heavy (non-hydrogen) atoms. The molecule has 0 spiro atoms. The highest BCUT2D eigenvalue weighted by atomic mass is 32.2. The number of nitrogens with zero attached hydrogens (tertiary/aromatic N) is 4. The van der Waals surface area contributed by atoms with Crippen LogP contribution in [0.5, 0.6) is 0 Å². The van der Waals surface area contributed by atoms with Gasteiger partial charge in [-0.25, -0.2) is 0 Å². The highest BCUT2D eigenvalue weighted by Crippen LogP contribution is 2.25. The maximum absolute atomic E-state index is 12.1. The van der Waals surface area contributed by atoms with E-state index in [1.165, 1.54) is 48.3 Å². The van der Waals surface area contributed by atoms with Crippen LogP contribution >= 0.6 is 11.8 Å². The molecule has 1 amide bonds. The minimum atomic E-state index is -0.505. The van der Waals surface area contributed by atoms with Crippen molar-refractivity contribution >= 4 is 40.4 Å². The molecule has 1 heterocycles. The Labute approximate surface area is 162 Å². The number of non-ortho nitro benzene ring substituents is 2. The fraction of sp³-hybridized carbons (Fsp3) is 0.118. The lowest BCUT2D eigenvalue weighted by Crippen LogP contribution is -2.25. The van der Waals surface area contributed by atoms with Gasteiger partial charge in [0.15, 0.2) is 5.17 Å². The first kappa shape index (κ1) is 19.2. The minimum absolute atomic E-state index is 0.0312. The minimum Gasteiger partial charge on any atom is -0.303 e. The number of carbonyl (C=O) groups excluding carboxylic acids is 1. The molecule has 1 atom stereocenters. The van der Waals surface area contributed by atoms with Crippen molar-refractivity contribution in [1.82, 2.24) is 5.32 Å². The van der Waals surface area contributed by atoms with Crippen LogP contribution < -0.4 is 5.32 Å². The van der Waals surface area contributed by atoms with Gasteiger partial charge in [0.25, 0.3) is 11.4 Å². The number of benzene rings is 2. The Morgan fingerprint density at radius 2 is 1.75 bits per heavy atom. The van der Waals surface area contributed by atoms with Crippen molar-refractivity contribution in [2.45, 2.75) is 11.7 Å². The molecule has 0 unspecified atom stereocenters. The number of hydrogen-bond acceptors (Lipinski definition) is 8. The summed E-state index contributed by atoms with van der Waals surface area (Å²) in [6.45, 7) is 0. The first-order valence-electron chi connectivity index (χ1n) is 7.99. The van der Waals surface area contributed by atoms with Crippen LogP contribution in [-0.4, -0.2) is 32.4 Å². The van der Waals surface area contributed by atoms with Crippen molar-refractivity contribution in [3.63, 3.8) is 0 Å². The van der Waals surface area contributed by atoms with Crippen LogP contribution in [0.25, 0.3) is 0 Å².